The van der Waals surface area contributed by atoms with E-state index >= 15 is 0 Å². The topological polar surface area (TPSA) is 95.9 Å². The highest BCUT2D eigenvalue weighted by atomic mass is 32.2. The smallest absolute Gasteiger partial charge is 0.285 e. The predicted octanol–water partition coefficient (Wildman–Crippen LogP) is 1.37. The van der Waals surface area contributed by atoms with Crippen LogP contribution in [0.15, 0.2) is 17.8 Å². The van der Waals surface area contributed by atoms with E-state index in [-0.39, 0.29) is 10.6 Å². The Labute approximate surface area is 121 Å². The van der Waals surface area contributed by atoms with Crippen LogP contribution in [0.25, 0.3) is 0 Å². The summed E-state index contributed by atoms with van der Waals surface area (Å²) in [6, 6.07) is 0. The summed E-state index contributed by atoms with van der Waals surface area (Å²) in [5.74, 6) is 2.31. The molecule has 0 bridgehead atoms. The fraction of sp³-hybridized carbons (Fsp3) is 0.583. The normalized spacial score (nSPS) is 15.1. The molecule has 0 aromatic carbocycles. The van der Waals surface area contributed by atoms with Gasteiger partial charge in [-0.1, -0.05) is 0 Å². The molecular weight excluding hydrogens is 278 g/mol. The lowest BCUT2D eigenvalue weighted by Crippen LogP contribution is -2.34. The zero-order valence-electron chi connectivity index (χ0n) is 11.4. The van der Waals surface area contributed by atoms with E-state index in [1.54, 1.807) is 18.1 Å². The molecule has 1 aromatic rings. The SMILES string of the molecule is Cc1[nH]cnc1CSCCNC1=C([N+](=O)[O-])CCCN1. The first-order chi connectivity index (χ1) is 9.68. The van der Waals surface area contributed by atoms with Crippen molar-refractivity contribution in [3.05, 3.63) is 39.3 Å². The van der Waals surface area contributed by atoms with E-state index < -0.39 is 0 Å². The van der Waals surface area contributed by atoms with Crippen LogP contribution in [-0.2, 0) is 5.75 Å². The number of nitro groups is 1. The number of hydrogen-bond acceptors (Lipinski definition) is 6. The summed E-state index contributed by atoms with van der Waals surface area (Å²) in [5.41, 5.74) is 2.43. The van der Waals surface area contributed by atoms with Crippen LogP contribution in [0, 0.1) is 17.0 Å². The molecule has 0 atom stereocenters. The molecule has 0 spiro atoms. The standard InChI is InChI=1S/C12H19N5O2S/c1-9-10(16-8-15-9)7-20-6-5-14-12-11(17(18)19)3-2-4-13-12/h8,13-14H,2-7H2,1H3,(H,15,16). The third kappa shape index (κ3) is 3.89. The third-order valence-electron chi connectivity index (χ3n) is 3.12. The van der Waals surface area contributed by atoms with Gasteiger partial charge in [0.2, 0.25) is 0 Å². The van der Waals surface area contributed by atoms with Gasteiger partial charge in [0.05, 0.1) is 16.9 Å². The van der Waals surface area contributed by atoms with Crippen molar-refractivity contribution in [1.29, 1.82) is 0 Å². The molecule has 2 rings (SSSR count). The molecule has 0 radical (unpaired) electrons. The average molecular weight is 297 g/mol. The lowest BCUT2D eigenvalue weighted by molar-refractivity contribution is -0.430. The van der Waals surface area contributed by atoms with Gasteiger partial charge in [-0.3, -0.25) is 10.1 Å². The fourth-order valence-corrected chi connectivity index (χ4v) is 2.87. The second-order valence-corrected chi connectivity index (χ2v) is 5.67. The lowest BCUT2D eigenvalue weighted by Gasteiger charge is -2.17. The molecule has 0 fully saturated rings. The van der Waals surface area contributed by atoms with Gasteiger partial charge in [0.15, 0.2) is 5.82 Å². The van der Waals surface area contributed by atoms with Crippen LogP contribution in [0.5, 0.6) is 0 Å². The van der Waals surface area contributed by atoms with Crippen LogP contribution in [-0.4, -0.2) is 33.7 Å². The van der Waals surface area contributed by atoms with Crippen molar-refractivity contribution in [1.82, 2.24) is 20.6 Å². The van der Waals surface area contributed by atoms with Crippen LogP contribution >= 0.6 is 11.8 Å². The molecule has 110 valence electrons. The molecule has 2 heterocycles. The minimum absolute atomic E-state index is 0.268. The van der Waals surface area contributed by atoms with Crippen molar-refractivity contribution in [2.75, 3.05) is 18.8 Å². The molecule has 20 heavy (non-hydrogen) atoms. The first kappa shape index (κ1) is 14.7. The number of nitrogens with zero attached hydrogens (tertiary/aromatic N) is 2. The van der Waals surface area contributed by atoms with Gasteiger partial charge in [0.25, 0.3) is 5.70 Å². The summed E-state index contributed by atoms with van der Waals surface area (Å²) >= 11 is 1.76. The quantitative estimate of drug-likeness (QED) is 0.400. The Balaban J connectivity index is 1.72. The summed E-state index contributed by atoms with van der Waals surface area (Å²) in [6.45, 7) is 3.49. The van der Waals surface area contributed by atoms with Gasteiger partial charge in [-0.05, 0) is 13.3 Å². The Hall–Kier alpha value is -1.70. The molecule has 0 saturated heterocycles. The number of rotatable bonds is 7. The van der Waals surface area contributed by atoms with E-state index in [0.29, 0.717) is 18.8 Å². The van der Waals surface area contributed by atoms with Crippen LogP contribution in [0.2, 0.25) is 0 Å². The van der Waals surface area contributed by atoms with Gasteiger partial charge in [-0.2, -0.15) is 11.8 Å². The molecule has 8 heteroatoms. The van der Waals surface area contributed by atoms with Gasteiger partial charge >= 0.3 is 0 Å². The fourth-order valence-electron chi connectivity index (χ4n) is 1.99. The summed E-state index contributed by atoms with van der Waals surface area (Å²) in [7, 11) is 0. The first-order valence-electron chi connectivity index (χ1n) is 6.60. The van der Waals surface area contributed by atoms with E-state index in [1.807, 2.05) is 6.92 Å². The Morgan fingerprint density at radius 2 is 2.45 bits per heavy atom. The van der Waals surface area contributed by atoms with Gasteiger partial charge < -0.3 is 15.6 Å². The number of imidazole rings is 1. The molecular formula is C12H19N5O2S. The number of hydrogen-bond donors (Lipinski definition) is 3. The molecule has 1 aliphatic rings. The van der Waals surface area contributed by atoms with Crippen molar-refractivity contribution in [3.63, 3.8) is 0 Å². The number of aryl methyl sites for hydroxylation is 1. The van der Waals surface area contributed by atoms with Crippen molar-refractivity contribution < 1.29 is 4.92 Å². The Kier molecular flexibility index (Phi) is 5.28. The maximum Gasteiger partial charge on any atom is 0.285 e. The van der Waals surface area contributed by atoms with E-state index in [2.05, 4.69) is 20.6 Å². The van der Waals surface area contributed by atoms with Crippen LogP contribution in [0.1, 0.15) is 24.2 Å². The zero-order chi connectivity index (χ0) is 14.4. The zero-order valence-corrected chi connectivity index (χ0v) is 12.3. The molecule has 0 amide bonds. The summed E-state index contributed by atoms with van der Waals surface area (Å²) in [6.07, 6.45) is 3.04. The highest BCUT2D eigenvalue weighted by Crippen LogP contribution is 2.14. The van der Waals surface area contributed by atoms with Crippen molar-refractivity contribution in [2.24, 2.45) is 0 Å². The van der Waals surface area contributed by atoms with Crippen LogP contribution in [0.4, 0.5) is 0 Å². The molecule has 1 aliphatic heterocycles. The van der Waals surface area contributed by atoms with Crippen molar-refractivity contribution in [2.45, 2.75) is 25.5 Å². The highest BCUT2D eigenvalue weighted by Gasteiger charge is 2.21. The largest absolute Gasteiger partial charge is 0.366 e. The van der Waals surface area contributed by atoms with E-state index in [0.717, 1.165) is 35.9 Å². The Morgan fingerprint density at radius 1 is 1.60 bits per heavy atom. The number of aromatic amines is 1. The van der Waals surface area contributed by atoms with E-state index in [4.69, 9.17) is 0 Å². The lowest BCUT2D eigenvalue weighted by atomic mass is 10.2. The minimum atomic E-state index is -0.297. The van der Waals surface area contributed by atoms with Gasteiger partial charge in [-0.15, -0.1) is 0 Å². The molecule has 0 unspecified atom stereocenters. The molecule has 0 aliphatic carbocycles. The van der Waals surface area contributed by atoms with Crippen LogP contribution < -0.4 is 10.6 Å². The van der Waals surface area contributed by atoms with E-state index in [1.165, 1.54) is 0 Å². The van der Waals surface area contributed by atoms with Gasteiger partial charge in [0, 0.05) is 36.7 Å². The monoisotopic (exact) mass is 297 g/mol. The summed E-state index contributed by atoms with van der Waals surface area (Å²) in [4.78, 5) is 17.9. The number of nitrogens with one attached hydrogen (secondary N) is 3. The predicted molar refractivity (Wildman–Crippen MR) is 78.7 cm³/mol. The Morgan fingerprint density at radius 3 is 3.15 bits per heavy atom. The third-order valence-corrected chi connectivity index (χ3v) is 4.09. The molecule has 0 saturated carbocycles. The second kappa shape index (κ2) is 7.18. The number of allylic oxidation sites excluding steroid dienone is 1. The number of aromatic nitrogens is 2. The highest BCUT2D eigenvalue weighted by molar-refractivity contribution is 7.98. The maximum absolute atomic E-state index is 10.9. The molecule has 7 nitrogen and oxygen atoms in total. The van der Waals surface area contributed by atoms with Crippen molar-refractivity contribution in [3.8, 4) is 0 Å². The first-order valence-corrected chi connectivity index (χ1v) is 7.76. The minimum Gasteiger partial charge on any atom is -0.366 e. The summed E-state index contributed by atoms with van der Waals surface area (Å²) in [5, 5.41) is 17.1. The number of H-pyrrole nitrogens is 1. The van der Waals surface area contributed by atoms with Gasteiger partial charge in [-0.25, -0.2) is 4.98 Å². The van der Waals surface area contributed by atoms with Crippen molar-refractivity contribution >= 4 is 11.8 Å². The molecule has 1 aromatic heterocycles. The summed E-state index contributed by atoms with van der Waals surface area (Å²) < 4.78 is 0. The molecule has 3 N–H and O–H groups in total. The van der Waals surface area contributed by atoms with E-state index in [9.17, 15) is 10.1 Å². The van der Waals surface area contributed by atoms with Gasteiger partial charge in [0.1, 0.15) is 0 Å². The second-order valence-electron chi connectivity index (χ2n) is 4.56. The number of thioether (sulfide) groups is 1. The van der Waals surface area contributed by atoms with Crippen LogP contribution in [0.3, 0.4) is 0 Å². The average Bonchev–Trinajstić information content (AvgIpc) is 2.84. The maximum atomic E-state index is 10.9. The Bertz CT molecular complexity index is 500.